The largest absolute Gasteiger partial charge is 0.399 e. The first kappa shape index (κ1) is 13.6. The molecule has 0 atom stereocenters. The molecule has 0 saturated heterocycles. The van der Waals surface area contributed by atoms with Crippen LogP contribution in [-0.2, 0) is 0 Å². The Hall–Kier alpha value is -2.39. The van der Waals surface area contributed by atoms with Gasteiger partial charge in [0.1, 0.15) is 5.82 Å². The van der Waals surface area contributed by atoms with Gasteiger partial charge in [-0.2, -0.15) is 0 Å². The van der Waals surface area contributed by atoms with E-state index in [9.17, 15) is 9.18 Å². The Kier molecular flexibility index (Phi) is 3.35. The SMILES string of the molecule is Nc1ccc(F)c(C(=O)c2ccc(Cl)c3ccccc23)c1. The lowest BCUT2D eigenvalue weighted by molar-refractivity contribution is 0.103. The summed E-state index contributed by atoms with van der Waals surface area (Å²) in [6.07, 6.45) is 0. The number of nitrogens with two attached hydrogens (primary N) is 1. The summed E-state index contributed by atoms with van der Waals surface area (Å²) in [5.74, 6) is -0.999. The second-order valence-electron chi connectivity index (χ2n) is 4.71. The molecule has 0 amide bonds. The number of carbonyl (C=O) groups excluding carboxylic acids is 1. The fourth-order valence-electron chi connectivity index (χ4n) is 2.32. The van der Waals surface area contributed by atoms with Crippen LogP contribution in [0.5, 0.6) is 0 Å². The molecule has 21 heavy (non-hydrogen) atoms. The summed E-state index contributed by atoms with van der Waals surface area (Å²) in [4.78, 5) is 12.6. The van der Waals surface area contributed by atoms with E-state index in [1.165, 1.54) is 18.2 Å². The van der Waals surface area contributed by atoms with Crippen LogP contribution in [0.1, 0.15) is 15.9 Å². The highest BCUT2D eigenvalue weighted by Crippen LogP contribution is 2.28. The standard InChI is InChI=1S/C17H11ClFNO/c18-15-7-6-13(11-3-1-2-4-12(11)15)17(21)14-9-10(20)5-8-16(14)19/h1-9H,20H2. The van der Waals surface area contributed by atoms with Crippen molar-refractivity contribution in [3.63, 3.8) is 0 Å². The lowest BCUT2D eigenvalue weighted by Gasteiger charge is -2.08. The third kappa shape index (κ3) is 2.36. The Morgan fingerprint density at radius 1 is 0.952 bits per heavy atom. The van der Waals surface area contributed by atoms with Gasteiger partial charge in [-0.05, 0) is 35.7 Å². The first-order valence-corrected chi connectivity index (χ1v) is 6.72. The van der Waals surface area contributed by atoms with Crippen molar-refractivity contribution in [2.75, 3.05) is 5.73 Å². The number of benzene rings is 3. The maximum Gasteiger partial charge on any atom is 0.196 e. The summed E-state index contributed by atoms with van der Waals surface area (Å²) in [6, 6.07) is 14.5. The van der Waals surface area contributed by atoms with Crippen molar-refractivity contribution in [1.82, 2.24) is 0 Å². The Labute approximate surface area is 126 Å². The van der Waals surface area contributed by atoms with Crippen molar-refractivity contribution in [3.8, 4) is 0 Å². The summed E-state index contributed by atoms with van der Waals surface area (Å²) in [7, 11) is 0. The summed E-state index contributed by atoms with van der Waals surface area (Å²) >= 11 is 6.13. The molecule has 3 rings (SSSR count). The number of anilines is 1. The Morgan fingerprint density at radius 3 is 2.43 bits per heavy atom. The average Bonchev–Trinajstić information content (AvgIpc) is 2.50. The summed E-state index contributed by atoms with van der Waals surface area (Å²) < 4.78 is 13.9. The van der Waals surface area contributed by atoms with Crippen molar-refractivity contribution in [2.45, 2.75) is 0 Å². The van der Waals surface area contributed by atoms with Gasteiger partial charge in [0.2, 0.25) is 0 Å². The molecule has 3 aromatic rings. The lowest BCUT2D eigenvalue weighted by atomic mass is 9.96. The first-order chi connectivity index (χ1) is 10.1. The van der Waals surface area contributed by atoms with Gasteiger partial charge in [0, 0.05) is 21.7 Å². The molecule has 0 saturated carbocycles. The smallest absolute Gasteiger partial charge is 0.196 e. The molecule has 2 nitrogen and oxygen atoms in total. The van der Waals surface area contributed by atoms with E-state index >= 15 is 0 Å². The maximum absolute atomic E-state index is 13.9. The summed E-state index contributed by atoms with van der Waals surface area (Å²) in [5.41, 5.74) is 6.35. The minimum absolute atomic E-state index is 0.0394. The van der Waals surface area contributed by atoms with Crippen LogP contribution >= 0.6 is 11.6 Å². The van der Waals surface area contributed by atoms with Gasteiger partial charge in [-0.15, -0.1) is 0 Å². The fourth-order valence-corrected chi connectivity index (χ4v) is 2.55. The maximum atomic E-state index is 13.9. The minimum Gasteiger partial charge on any atom is -0.399 e. The van der Waals surface area contributed by atoms with E-state index in [1.54, 1.807) is 18.2 Å². The number of halogens is 2. The highest BCUT2D eigenvalue weighted by molar-refractivity contribution is 6.36. The molecule has 0 unspecified atom stereocenters. The molecule has 4 heteroatoms. The van der Waals surface area contributed by atoms with Gasteiger partial charge in [0.25, 0.3) is 0 Å². The van der Waals surface area contributed by atoms with E-state index in [4.69, 9.17) is 17.3 Å². The number of hydrogen-bond acceptors (Lipinski definition) is 2. The Bertz CT molecular complexity index is 861. The highest BCUT2D eigenvalue weighted by atomic mass is 35.5. The second kappa shape index (κ2) is 5.19. The van der Waals surface area contributed by atoms with Crippen molar-refractivity contribution >= 4 is 33.8 Å². The number of ketones is 1. The van der Waals surface area contributed by atoms with Gasteiger partial charge in [0.05, 0.1) is 5.56 Å². The summed E-state index contributed by atoms with van der Waals surface area (Å²) in [5, 5.41) is 2.00. The molecule has 0 aliphatic carbocycles. The van der Waals surface area contributed by atoms with Gasteiger partial charge in [-0.1, -0.05) is 35.9 Å². The van der Waals surface area contributed by atoms with Crippen LogP contribution in [0.4, 0.5) is 10.1 Å². The highest BCUT2D eigenvalue weighted by Gasteiger charge is 2.17. The Balaban J connectivity index is 2.23. The van der Waals surface area contributed by atoms with E-state index in [1.807, 2.05) is 18.2 Å². The average molecular weight is 300 g/mol. The van der Waals surface area contributed by atoms with Gasteiger partial charge >= 0.3 is 0 Å². The molecule has 0 aliphatic heterocycles. The van der Waals surface area contributed by atoms with Gasteiger partial charge in [-0.25, -0.2) is 4.39 Å². The van der Waals surface area contributed by atoms with Crippen LogP contribution in [0.2, 0.25) is 5.02 Å². The molecule has 0 heterocycles. The number of carbonyl (C=O) groups is 1. The quantitative estimate of drug-likeness (QED) is 0.561. The zero-order chi connectivity index (χ0) is 15.0. The molecule has 0 aliphatic rings. The molecule has 2 N–H and O–H groups in total. The Morgan fingerprint density at radius 2 is 1.67 bits per heavy atom. The summed E-state index contributed by atoms with van der Waals surface area (Å²) in [6.45, 7) is 0. The molecule has 0 radical (unpaired) electrons. The van der Waals surface area contributed by atoms with Crippen LogP contribution in [0.25, 0.3) is 10.8 Å². The molecule has 0 bridgehead atoms. The van der Waals surface area contributed by atoms with E-state index in [0.29, 0.717) is 21.7 Å². The topological polar surface area (TPSA) is 43.1 Å². The first-order valence-electron chi connectivity index (χ1n) is 6.35. The molecule has 104 valence electrons. The van der Waals surface area contributed by atoms with Crippen LogP contribution in [0, 0.1) is 5.82 Å². The van der Waals surface area contributed by atoms with E-state index in [0.717, 1.165) is 5.39 Å². The lowest BCUT2D eigenvalue weighted by Crippen LogP contribution is -2.06. The van der Waals surface area contributed by atoms with Gasteiger partial charge < -0.3 is 5.73 Å². The van der Waals surface area contributed by atoms with Gasteiger partial charge in [-0.3, -0.25) is 4.79 Å². The van der Waals surface area contributed by atoms with Crippen LogP contribution < -0.4 is 5.73 Å². The number of nitrogen functional groups attached to an aromatic ring is 1. The molecule has 3 aromatic carbocycles. The zero-order valence-corrected chi connectivity index (χ0v) is 11.7. The third-order valence-corrected chi connectivity index (χ3v) is 3.68. The minimum atomic E-state index is -0.590. The van der Waals surface area contributed by atoms with E-state index in [2.05, 4.69) is 0 Å². The molecule has 0 fully saturated rings. The van der Waals surface area contributed by atoms with Crippen molar-refractivity contribution in [1.29, 1.82) is 0 Å². The molecular formula is C17H11ClFNO. The van der Waals surface area contributed by atoms with Crippen molar-refractivity contribution in [2.24, 2.45) is 0 Å². The van der Waals surface area contributed by atoms with Gasteiger partial charge in [0.15, 0.2) is 5.78 Å². The molecular weight excluding hydrogens is 289 g/mol. The predicted molar refractivity (Wildman–Crippen MR) is 83.2 cm³/mol. The van der Waals surface area contributed by atoms with Crippen LogP contribution in [0.15, 0.2) is 54.6 Å². The van der Waals surface area contributed by atoms with Crippen molar-refractivity contribution in [3.05, 3.63) is 76.6 Å². The molecule has 0 aromatic heterocycles. The second-order valence-corrected chi connectivity index (χ2v) is 5.12. The molecule has 0 spiro atoms. The third-order valence-electron chi connectivity index (χ3n) is 3.35. The predicted octanol–water partition coefficient (Wildman–Crippen LogP) is 4.45. The number of rotatable bonds is 2. The number of fused-ring (bicyclic) bond motifs is 1. The normalized spacial score (nSPS) is 10.8. The van der Waals surface area contributed by atoms with Crippen LogP contribution in [0.3, 0.4) is 0 Å². The zero-order valence-electron chi connectivity index (χ0n) is 10.9. The monoisotopic (exact) mass is 299 g/mol. The fraction of sp³-hybridized carbons (Fsp3) is 0. The van der Waals surface area contributed by atoms with Crippen molar-refractivity contribution < 1.29 is 9.18 Å². The number of hydrogen-bond donors (Lipinski definition) is 1. The van der Waals surface area contributed by atoms with E-state index in [-0.39, 0.29) is 5.56 Å². The van der Waals surface area contributed by atoms with Crippen LogP contribution in [-0.4, -0.2) is 5.78 Å². The van der Waals surface area contributed by atoms with E-state index < -0.39 is 11.6 Å².